The molecule has 0 aliphatic rings. The summed E-state index contributed by atoms with van der Waals surface area (Å²) in [4.78, 5) is 4.11. The van der Waals surface area contributed by atoms with Gasteiger partial charge in [-0.25, -0.2) is 8.78 Å². The molecule has 1 heterocycles. The van der Waals surface area contributed by atoms with Gasteiger partial charge in [0, 0.05) is 23.3 Å². The molecule has 0 radical (unpaired) electrons. The van der Waals surface area contributed by atoms with Gasteiger partial charge in [-0.2, -0.15) is 0 Å². The molecule has 1 aromatic heterocycles. The molecule has 0 spiro atoms. The number of anilines is 1. The van der Waals surface area contributed by atoms with E-state index in [1.807, 2.05) is 0 Å². The number of halogens is 3. The van der Waals surface area contributed by atoms with Crippen molar-refractivity contribution in [3.05, 3.63) is 58.7 Å². The summed E-state index contributed by atoms with van der Waals surface area (Å²) in [6.07, 6.45) is 1.52. The molecule has 0 bridgehead atoms. The van der Waals surface area contributed by atoms with Crippen LogP contribution in [0.3, 0.4) is 0 Å². The molecule has 0 saturated carbocycles. The first-order valence-corrected chi connectivity index (χ1v) is 6.81. The standard InChI is InChI=1S/C15H9BrF2N2O/c16-10-6-8(17)3-4-13(10)21-15-11(18)7-12(19)9-2-1-5-20-14(9)15/h1-7H,19H2. The SMILES string of the molecule is Nc1cc(F)c(Oc2ccc(F)cc2Br)c2ncccc12. The van der Waals surface area contributed by atoms with Crippen LogP contribution in [0.4, 0.5) is 14.5 Å². The number of nitrogens with zero attached hydrogens (tertiary/aromatic N) is 1. The maximum atomic E-state index is 14.1. The molecule has 0 amide bonds. The van der Waals surface area contributed by atoms with E-state index in [4.69, 9.17) is 10.5 Å². The van der Waals surface area contributed by atoms with Crippen molar-refractivity contribution in [2.24, 2.45) is 0 Å². The number of nitrogens with two attached hydrogens (primary N) is 1. The molecule has 3 rings (SSSR count). The number of aromatic nitrogens is 1. The van der Waals surface area contributed by atoms with Gasteiger partial charge in [0.05, 0.1) is 4.47 Å². The third kappa shape index (κ3) is 2.54. The lowest BCUT2D eigenvalue weighted by Gasteiger charge is -2.12. The zero-order valence-electron chi connectivity index (χ0n) is 10.6. The van der Waals surface area contributed by atoms with Crippen molar-refractivity contribution in [1.82, 2.24) is 4.98 Å². The highest BCUT2D eigenvalue weighted by Gasteiger charge is 2.15. The molecule has 0 unspecified atom stereocenters. The maximum absolute atomic E-state index is 14.1. The minimum Gasteiger partial charge on any atom is -0.451 e. The molecule has 2 N–H and O–H groups in total. The Morgan fingerprint density at radius 3 is 2.71 bits per heavy atom. The molecule has 0 aliphatic heterocycles. The van der Waals surface area contributed by atoms with Crippen LogP contribution in [-0.4, -0.2) is 4.98 Å². The van der Waals surface area contributed by atoms with Gasteiger partial charge in [-0.15, -0.1) is 0 Å². The summed E-state index contributed by atoms with van der Waals surface area (Å²) >= 11 is 3.18. The van der Waals surface area contributed by atoms with Crippen molar-refractivity contribution in [3.8, 4) is 11.5 Å². The predicted molar refractivity (Wildman–Crippen MR) is 80.3 cm³/mol. The predicted octanol–water partition coefficient (Wildman–Crippen LogP) is 4.65. The van der Waals surface area contributed by atoms with Gasteiger partial charge in [0.25, 0.3) is 0 Å². The number of pyridine rings is 1. The molecular weight excluding hydrogens is 342 g/mol. The van der Waals surface area contributed by atoms with E-state index < -0.39 is 11.6 Å². The van der Waals surface area contributed by atoms with Crippen LogP contribution in [0.5, 0.6) is 11.5 Å². The lowest BCUT2D eigenvalue weighted by Crippen LogP contribution is -1.96. The normalized spacial score (nSPS) is 10.8. The van der Waals surface area contributed by atoms with Crippen LogP contribution in [0.2, 0.25) is 0 Å². The monoisotopic (exact) mass is 350 g/mol. The van der Waals surface area contributed by atoms with Crippen LogP contribution in [0, 0.1) is 11.6 Å². The van der Waals surface area contributed by atoms with Gasteiger partial charge in [-0.3, -0.25) is 4.98 Å². The van der Waals surface area contributed by atoms with Crippen LogP contribution in [0.1, 0.15) is 0 Å². The molecule has 6 heteroatoms. The summed E-state index contributed by atoms with van der Waals surface area (Å²) < 4.78 is 33.2. The quantitative estimate of drug-likeness (QED) is 0.684. The zero-order valence-corrected chi connectivity index (χ0v) is 12.2. The summed E-state index contributed by atoms with van der Waals surface area (Å²) in [5, 5.41) is 0.590. The number of rotatable bonds is 2. The highest BCUT2D eigenvalue weighted by atomic mass is 79.9. The average molecular weight is 351 g/mol. The first kappa shape index (κ1) is 13.8. The van der Waals surface area contributed by atoms with Crippen molar-refractivity contribution >= 4 is 32.5 Å². The smallest absolute Gasteiger partial charge is 0.189 e. The number of hydrogen-bond acceptors (Lipinski definition) is 3. The van der Waals surface area contributed by atoms with Gasteiger partial charge in [0.1, 0.15) is 17.1 Å². The van der Waals surface area contributed by atoms with E-state index in [1.165, 1.54) is 30.5 Å². The fourth-order valence-electron chi connectivity index (χ4n) is 1.98. The third-order valence-corrected chi connectivity index (χ3v) is 3.56. The van der Waals surface area contributed by atoms with Gasteiger partial charge in [0.15, 0.2) is 11.6 Å². The fourth-order valence-corrected chi connectivity index (χ4v) is 2.41. The van der Waals surface area contributed by atoms with Crippen LogP contribution < -0.4 is 10.5 Å². The Morgan fingerprint density at radius 1 is 1.14 bits per heavy atom. The first-order valence-electron chi connectivity index (χ1n) is 6.02. The third-order valence-electron chi connectivity index (χ3n) is 2.94. The van der Waals surface area contributed by atoms with Crippen molar-refractivity contribution < 1.29 is 13.5 Å². The minimum atomic E-state index is -0.630. The average Bonchev–Trinajstić information content (AvgIpc) is 2.45. The van der Waals surface area contributed by atoms with Gasteiger partial charge >= 0.3 is 0 Å². The zero-order chi connectivity index (χ0) is 15.0. The van der Waals surface area contributed by atoms with Crippen molar-refractivity contribution in [3.63, 3.8) is 0 Å². The second kappa shape index (κ2) is 5.29. The Bertz CT molecular complexity index is 839. The van der Waals surface area contributed by atoms with Crippen LogP contribution in [0.25, 0.3) is 10.9 Å². The Kier molecular flexibility index (Phi) is 3.47. The van der Waals surface area contributed by atoms with E-state index in [2.05, 4.69) is 20.9 Å². The molecule has 21 heavy (non-hydrogen) atoms. The molecule has 106 valence electrons. The van der Waals surface area contributed by atoms with Crippen molar-refractivity contribution in [2.75, 3.05) is 5.73 Å². The van der Waals surface area contributed by atoms with Crippen molar-refractivity contribution in [1.29, 1.82) is 0 Å². The van der Waals surface area contributed by atoms with Gasteiger partial charge in [0.2, 0.25) is 0 Å². The Balaban J connectivity index is 2.16. The first-order chi connectivity index (χ1) is 10.1. The van der Waals surface area contributed by atoms with Gasteiger partial charge in [-0.1, -0.05) is 0 Å². The second-order valence-electron chi connectivity index (χ2n) is 4.35. The van der Waals surface area contributed by atoms with E-state index in [0.717, 1.165) is 0 Å². The summed E-state index contributed by atoms with van der Waals surface area (Å²) in [6.45, 7) is 0. The van der Waals surface area contributed by atoms with Crippen LogP contribution >= 0.6 is 15.9 Å². The molecular formula is C15H9BrF2N2O. The Labute approximate surface area is 127 Å². The second-order valence-corrected chi connectivity index (χ2v) is 5.21. The lowest BCUT2D eigenvalue weighted by atomic mass is 10.1. The highest BCUT2D eigenvalue weighted by Crippen LogP contribution is 2.37. The molecule has 2 aromatic carbocycles. The molecule has 3 nitrogen and oxygen atoms in total. The van der Waals surface area contributed by atoms with E-state index in [0.29, 0.717) is 15.4 Å². The largest absolute Gasteiger partial charge is 0.451 e. The van der Waals surface area contributed by atoms with Crippen LogP contribution in [-0.2, 0) is 0 Å². The van der Waals surface area contributed by atoms with Crippen LogP contribution in [0.15, 0.2) is 47.1 Å². The number of benzene rings is 2. The maximum Gasteiger partial charge on any atom is 0.189 e. The van der Waals surface area contributed by atoms with E-state index >= 15 is 0 Å². The number of hydrogen-bond donors (Lipinski definition) is 1. The summed E-state index contributed by atoms with van der Waals surface area (Å²) in [5.41, 5.74) is 6.36. The van der Waals surface area contributed by atoms with Crippen molar-refractivity contribution in [2.45, 2.75) is 0 Å². The molecule has 0 fully saturated rings. The molecule has 0 atom stereocenters. The van der Waals surface area contributed by atoms with E-state index in [-0.39, 0.29) is 17.2 Å². The molecule has 3 aromatic rings. The fraction of sp³-hybridized carbons (Fsp3) is 0. The molecule has 0 aliphatic carbocycles. The lowest BCUT2D eigenvalue weighted by molar-refractivity contribution is 0.443. The molecule has 0 saturated heterocycles. The number of ether oxygens (including phenoxy) is 1. The summed E-state index contributed by atoms with van der Waals surface area (Å²) in [7, 11) is 0. The highest BCUT2D eigenvalue weighted by molar-refractivity contribution is 9.10. The summed E-state index contributed by atoms with van der Waals surface area (Å²) in [5.74, 6) is -0.816. The minimum absolute atomic E-state index is 0.0490. The Morgan fingerprint density at radius 2 is 1.95 bits per heavy atom. The summed E-state index contributed by atoms with van der Waals surface area (Å²) in [6, 6.07) is 8.48. The van der Waals surface area contributed by atoms with Gasteiger partial charge in [-0.05, 0) is 46.3 Å². The van der Waals surface area contributed by atoms with E-state index in [9.17, 15) is 8.78 Å². The Hall–Kier alpha value is -2.21. The topological polar surface area (TPSA) is 48.1 Å². The van der Waals surface area contributed by atoms with E-state index in [1.54, 1.807) is 12.1 Å². The van der Waals surface area contributed by atoms with Gasteiger partial charge < -0.3 is 10.5 Å². The number of fused-ring (bicyclic) bond motifs is 1. The number of nitrogen functional groups attached to an aromatic ring is 1.